The third-order valence-electron chi connectivity index (χ3n) is 5.03. The molecule has 0 radical (unpaired) electrons. The van der Waals surface area contributed by atoms with E-state index < -0.39 is 0 Å². The van der Waals surface area contributed by atoms with Crippen molar-refractivity contribution in [2.45, 2.75) is 64.6 Å². The zero-order valence-corrected chi connectivity index (χ0v) is 15.5. The molecule has 0 saturated heterocycles. The summed E-state index contributed by atoms with van der Waals surface area (Å²) in [5, 5.41) is 3.93. The number of aryl methyl sites for hydroxylation is 1. The number of halogens is 1. The van der Waals surface area contributed by atoms with Gasteiger partial charge in [0.05, 0.1) is 8.99 Å². The molecule has 0 bridgehead atoms. The normalized spacial score (nSPS) is 31.7. The van der Waals surface area contributed by atoms with Crippen molar-refractivity contribution >= 4 is 33.9 Å². The largest absolute Gasteiger partial charge is 0.378 e. The van der Waals surface area contributed by atoms with E-state index in [9.17, 15) is 0 Å². The first kappa shape index (κ1) is 15.3. The standard InChI is InChI=1S/C16H24INOS/c1-4-19-14-9-13(16(14,2)3)18-11-6-5-7-12-10(11)8-15(17)20-12/h8,11,13-14,18H,4-7,9H2,1-3H3. The van der Waals surface area contributed by atoms with Crippen molar-refractivity contribution in [2.24, 2.45) is 5.41 Å². The summed E-state index contributed by atoms with van der Waals surface area (Å²) >= 11 is 4.44. The van der Waals surface area contributed by atoms with E-state index in [2.05, 4.69) is 54.7 Å². The van der Waals surface area contributed by atoms with Gasteiger partial charge >= 0.3 is 0 Å². The summed E-state index contributed by atoms with van der Waals surface area (Å²) in [5.74, 6) is 0. The first-order valence-electron chi connectivity index (χ1n) is 7.68. The molecule has 112 valence electrons. The number of thiophene rings is 1. The van der Waals surface area contributed by atoms with Crippen LogP contribution in [0.1, 0.15) is 56.5 Å². The molecule has 0 aliphatic heterocycles. The molecule has 2 aliphatic carbocycles. The molecule has 3 atom stereocenters. The summed E-state index contributed by atoms with van der Waals surface area (Å²) < 4.78 is 7.28. The Labute approximate surface area is 139 Å². The molecule has 1 fully saturated rings. The fourth-order valence-corrected chi connectivity index (χ4v) is 5.71. The predicted molar refractivity (Wildman–Crippen MR) is 93.5 cm³/mol. The van der Waals surface area contributed by atoms with Crippen molar-refractivity contribution in [2.75, 3.05) is 6.61 Å². The summed E-state index contributed by atoms with van der Waals surface area (Å²) in [6, 6.07) is 3.54. The van der Waals surface area contributed by atoms with Gasteiger partial charge in [0.25, 0.3) is 0 Å². The van der Waals surface area contributed by atoms with Gasteiger partial charge in [-0.3, -0.25) is 0 Å². The fourth-order valence-electron chi connectivity index (χ4n) is 3.59. The first-order chi connectivity index (χ1) is 9.52. The van der Waals surface area contributed by atoms with Crippen LogP contribution in [0.15, 0.2) is 6.07 Å². The smallest absolute Gasteiger partial charge is 0.0659 e. The summed E-state index contributed by atoms with van der Waals surface area (Å²) in [4.78, 5) is 1.61. The number of ether oxygens (including phenoxy) is 1. The topological polar surface area (TPSA) is 21.3 Å². The first-order valence-corrected chi connectivity index (χ1v) is 9.57. The average molecular weight is 405 g/mol. The second kappa shape index (κ2) is 5.86. The molecule has 1 aromatic heterocycles. The van der Waals surface area contributed by atoms with E-state index in [0.717, 1.165) is 13.0 Å². The quantitative estimate of drug-likeness (QED) is 0.744. The Kier molecular flexibility index (Phi) is 4.47. The highest BCUT2D eigenvalue weighted by Crippen LogP contribution is 2.45. The lowest BCUT2D eigenvalue weighted by Gasteiger charge is -2.53. The maximum absolute atomic E-state index is 5.85. The Hall–Kier alpha value is 0.350. The van der Waals surface area contributed by atoms with Crippen LogP contribution < -0.4 is 5.32 Å². The highest BCUT2D eigenvalue weighted by Gasteiger charge is 2.49. The summed E-state index contributed by atoms with van der Waals surface area (Å²) in [5.41, 5.74) is 1.83. The van der Waals surface area contributed by atoms with Gasteiger partial charge in [0.1, 0.15) is 0 Å². The molecule has 1 aromatic rings. The molecule has 0 amide bonds. The van der Waals surface area contributed by atoms with Gasteiger partial charge in [-0.25, -0.2) is 0 Å². The van der Waals surface area contributed by atoms with E-state index >= 15 is 0 Å². The molecule has 3 rings (SSSR count). The highest BCUT2D eigenvalue weighted by atomic mass is 127. The monoisotopic (exact) mass is 405 g/mol. The van der Waals surface area contributed by atoms with Crippen molar-refractivity contribution in [3.63, 3.8) is 0 Å². The maximum atomic E-state index is 5.85. The maximum Gasteiger partial charge on any atom is 0.0659 e. The molecule has 4 heteroatoms. The Morgan fingerprint density at radius 1 is 1.50 bits per heavy atom. The van der Waals surface area contributed by atoms with Crippen molar-refractivity contribution in [1.82, 2.24) is 5.32 Å². The Morgan fingerprint density at radius 3 is 3.00 bits per heavy atom. The van der Waals surface area contributed by atoms with Crippen LogP contribution in [0.3, 0.4) is 0 Å². The van der Waals surface area contributed by atoms with E-state index in [4.69, 9.17) is 4.74 Å². The molecule has 0 aromatic carbocycles. The van der Waals surface area contributed by atoms with Crippen LogP contribution in [0.2, 0.25) is 0 Å². The zero-order chi connectivity index (χ0) is 14.3. The number of fused-ring (bicyclic) bond motifs is 1. The average Bonchev–Trinajstić information content (AvgIpc) is 2.78. The minimum atomic E-state index is 0.261. The highest BCUT2D eigenvalue weighted by molar-refractivity contribution is 14.1. The van der Waals surface area contributed by atoms with Crippen molar-refractivity contribution in [3.05, 3.63) is 19.4 Å². The minimum Gasteiger partial charge on any atom is -0.378 e. The van der Waals surface area contributed by atoms with Crippen LogP contribution in [-0.2, 0) is 11.2 Å². The second-order valence-corrected chi connectivity index (χ2v) is 9.63. The second-order valence-electron chi connectivity index (χ2n) is 6.59. The fraction of sp³-hybridized carbons (Fsp3) is 0.750. The summed E-state index contributed by atoms with van der Waals surface area (Å²) in [6.45, 7) is 7.61. The van der Waals surface area contributed by atoms with Crippen LogP contribution in [0.5, 0.6) is 0 Å². The zero-order valence-electron chi connectivity index (χ0n) is 12.5. The van der Waals surface area contributed by atoms with Crippen molar-refractivity contribution < 1.29 is 4.74 Å². The number of hydrogen-bond acceptors (Lipinski definition) is 3. The van der Waals surface area contributed by atoms with Crippen LogP contribution in [0.25, 0.3) is 0 Å². The van der Waals surface area contributed by atoms with Gasteiger partial charge in [-0.1, -0.05) is 13.8 Å². The lowest BCUT2D eigenvalue weighted by Crippen LogP contribution is -2.61. The molecular weight excluding hydrogens is 381 g/mol. The SMILES string of the molecule is CCOC1CC(NC2CCCc3sc(I)cc32)C1(C)C. The van der Waals surface area contributed by atoms with E-state index in [0.29, 0.717) is 18.2 Å². The molecule has 0 spiro atoms. The number of hydrogen-bond donors (Lipinski definition) is 1. The van der Waals surface area contributed by atoms with E-state index in [-0.39, 0.29) is 5.41 Å². The molecule has 20 heavy (non-hydrogen) atoms. The molecule has 1 heterocycles. The van der Waals surface area contributed by atoms with Gasteiger partial charge in [0.15, 0.2) is 0 Å². The number of rotatable bonds is 4. The molecule has 2 nitrogen and oxygen atoms in total. The molecular formula is C16H24INOS. The summed E-state index contributed by atoms with van der Waals surface area (Å²) in [7, 11) is 0. The Bertz CT molecular complexity index is 485. The molecule has 1 N–H and O–H groups in total. The van der Waals surface area contributed by atoms with Crippen molar-refractivity contribution in [3.8, 4) is 0 Å². The van der Waals surface area contributed by atoms with Crippen LogP contribution in [-0.4, -0.2) is 18.8 Å². The van der Waals surface area contributed by atoms with Crippen LogP contribution in [0.4, 0.5) is 0 Å². The van der Waals surface area contributed by atoms with E-state index in [1.807, 2.05) is 11.3 Å². The number of nitrogens with one attached hydrogen (secondary N) is 1. The van der Waals surface area contributed by atoms with Gasteiger partial charge in [-0.05, 0) is 66.8 Å². The van der Waals surface area contributed by atoms with Crippen LogP contribution in [0, 0.1) is 8.30 Å². The Balaban J connectivity index is 1.68. The molecule has 1 saturated carbocycles. The lowest BCUT2D eigenvalue weighted by molar-refractivity contribution is -0.117. The van der Waals surface area contributed by atoms with Gasteiger partial charge in [-0.15, -0.1) is 11.3 Å². The van der Waals surface area contributed by atoms with Gasteiger partial charge in [-0.2, -0.15) is 0 Å². The minimum absolute atomic E-state index is 0.261. The lowest BCUT2D eigenvalue weighted by atomic mass is 9.64. The van der Waals surface area contributed by atoms with Gasteiger partial charge in [0.2, 0.25) is 0 Å². The van der Waals surface area contributed by atoms with Crippen LogP contribution >= 0.6 is 33.9 Å². The van der Waals surface area contributed by atoms with E-state index in [1.165, 1.54) is 22.1 Å². The molecule has 2 aliphatic rings. The van der Waals surface area contributed by atoms with E-state index in [1.54, 1.807) is 10.4 Å². The van der Waals surface area contributed by atoms with Crippen molar-refractivity contribution in [1.29, 1.82) is 0 Å². The summed E-state index contributed by atoms with van der Waals surface area (Å²) in [6.07, 6.45) is 5.47. The predicted octanol–water partition coefficient (Wildman–Crippen LogP) is 4.52. The Morgan fingerprint density at radius 2 is 2.30 bits per heavy atom. The third kappa shape index (κ3) is 2.69. The third-order valence-corrected chi connectivity index (χ3v) is 7.00. The van der Waals surface area contributed by atoms with Gasteiger partial charge < -0.3 is 10.1 Å². The van der Waals surface area contributed by atoms with Gasteiger partial charge in [0, 0.05) is 29.0 Å². The molecule has 3 unspecified atom stereocenters.